The highest BCUT2D eigenvalue weighted by atomic mass is 33.1. The van der Waals surface area contributed by atoms with Gasteiger partial charge in [0, 0.05) is 55.9 Å². The number of amides is 5. The monoisotopic (exact) mass is 955 g/mol. The molecule has 6 rings (SSSR count). The van der Waals surface area contributed by atoms with Crippen molar-refractivity contribution < 1.29 is 78.6 Å². The van der Waals surface area contributed by atoms with Gasteiger partial charge >= 0.3 is 6.03 Å². The Balaban J connectivity index is 1.02. The lowest BCUT2D eigenvalue weighted by Crippen LogP contribution is -2.69. The Bertz CT molecular complexity index is 1600. The van der Waals surface area contributed by atoms with Gasteiger partial charge in [0.2, 0.25) is 17.7 Å². The number of aliphatic hydroxyl groups is 7. The number of fused-ring (bicyclic) bond motifs is 2. The average Bonchev–Trinajstić information content (AvgIpc) is 4.01. The average molecular weight is 956 g/mol. The molecule has 358 valence electrons. The zero-order valence-electron chi connectivity index (χ0n) is 34.9. The van der Waals surface area contributed by atoms with Crippen molar-refractivity contribution in [2.75, 3.05) is 50.7 Å². The van der Waals surface area contributed by atoms with E-state index < -0.39 is 123 Å². The lowest BCUT2D eigenvalue weighted by Gasteiger charge is -2.48. The summed E-state index contributed by atoms with van der Waals surface area (Å²) in [6.45, 7) is -0.453. The van der Waals surface area contributed by atoms with E-state index >= 15 is 0 Å². The van der Waals surface area contributed by atoms with Crippen molar-refractivity contribution in [3.8, 4) is 0 Å². The number of aliphatic hydroxyl groups excluding tert-OH is 7. The molecule has 0 aromatic carbocycles. The second kappa shape index (κ2) is 23.3. The van der Waals surface area contributed by atoms with Gasteiger partial charge in [0.15, 0.2) is 12.6 Å². The van der Waals surface area contributed by atoms with Crippen LogP contribution < -0.4 is 31.9 Å². The number of unbranched alkanes of at least 4 members (excludes halogenated alkanes) is 1. The Morgan fingerprint density at radius 1 is 0.841 bits per heavy atom. The molecule has 18 atom stereocenters. The van der Waals surface area contributed by atoms with E-state index in [0.717, 1.165) is 31.9 Å². The van der Waals surface area contributed by atoms with Gasteiger partial charge in [-0.05, 0) is 12.8 Å². The Labute approximate surface area is 376 Å². The van der Waals surface area contributed by atoms with Crippen LogP contribution in [0.4, 0.5) is 4.79 Å². The van der Waals surface area contributed by atoms with Gasteiger partial charge < -0.3 is 91.3 Å². The number of carbonyl (C=O) groups is 4. The predicted octanol–water partition coefficient (Wildman–Crippen LogP) is -4.80. The van der Waals surface area contributed by atoms with Crippen LogP contribution in [0.15, 0.2) is 4.99 Å². The molecule has 13 N–H and O–H groups in total. The molecule has 5 heterocycles. The zero-order chi connectivity index (χ0) is 45.4. The van der Waals surface area contributed by atoms with E-state index in [1.54, 1.807) is 7.05 Å². The fraction of sp³-hybridized carbons (Fsp3) is 0.865. The molecule has 26 heteroatoms. The fourth-order valence-electron chi connectivity index (χ4n) is 8.70. The highest BCUT2D eigenvalue weighted by molar-refractivity contribution is 8.76. The molecule has 3 unspecified atom stereocenters. The molecule has 5 fully saturated rings. The van der Waals surface area contributed by atoms with Crippen molar-refractivity contribution in [3.63, 3.8) is 0 Å². The topological polar surface area (TPSA) is 341 Å². The summed E-state index contributed by atoms with van der Waals surface area (Å²) in [5.74, 6) is -0.262. The Morgan fingerprint density at radius 2 is 1.54 bits per heavy atom. The maximum atomic E-state index is 13.5. The third-order valence-corrected chi connectivity index (χ3v) is 15.8. The standard InChI is InChI=1S/C37H61N7O16S3/c1-15(48)40-25-28(52)27(51)18(12-46)56-34(25)59-33-19(13-47)57-35(58-32-16(11-45)31-24(29(32)53)44-37(38-2)60-31)26(30(33)54)42-22(50)7-9-62-63-10-8-39-21(49)6-4-3-5-20-23-17(14-61-20)41-36(55)43-23/h16-20,23-35,45-47,51-54H,3-14H2,1-2H3,(H,38,44)(H,39,49)(H,40,48)(H,42,50)(H2,41,43,55)/t16-,17?,18+,19+,20?,23?,24+,25+,26+,27+,28-,29+,30-,31-,32+,33+,34-,35-/m0/s1. The van der Waals surface area contributed by atoms with Crippen molar-refractivity contribution in [2.24, 2.45) is 10.9 Å². The number of thioether (sulfide) groups is 1. The van der Waals surface area contributed by atoms with Crippen LogP contribution in [0.25, 0.3) is 0 Å². The van der Waals surface area contributed by atoms with E-state index in [1.165, 1.54) is 21.6 Å². The first-order valence-electron chi connectivity index (χ1n) is 21.1. The van der Waals surface area contributed by atoms with Gasteiger partial charge in [0.1, 0.15) is 67.0 Å². The Kier molecular flexibility index (Phi) is 18.5. The summed E-state index contributed by atoms with van der Waals surface area (Å²) in [7, 11) is 4.43. The quantitative estimate of drug-likeness (QED) is 0.0292. The van der Waals surface area contributed by atoms with Crippen LogP contribution in [0, 0.1) is 5.92 Å². The first-order valence-corrected chi connectivity index (χ1v) is 24.7. The van der Waals surface area contributed by atoms with Gasteiger partial charge in [-0.15, -0.1) is 0 Å². The molecule has 6 aliphatic rings. The molecular weight excluding hydrogens is 895 g/mol. The van der Waals surface area contributed by atoms with Crippen LogP contribution in [0.3, 0.4) is 0 Å². The summed E-state index contributed by atoms with van der Waals surface area (Å²) >= 11 is 1.84. The first-order chi connectivity index (χ1) is 30.3. The molecule has 23 nitrogen and oxygen atoms in total. The summed E-state index contributed by atoms with van der Waals surface area (Å²) < 4.78 is 29.9. The molecule has 0 radical (unpaired) electrons. The lowest BCUT2D eigenvalue weighted by atomic mass is 9.94. The smallest absolute Gasteiger partial charge is 0.315 e. The van der Waals surface area contributed by atoms with Gasteiger partial charge in [-0.3, -0.25) is 14.4 Å². The summed E-state index contributed by atoms with van der Waals surface area (Å²) in [5.41, 5.74) is 0. The largest absolute Gasteiger partial charge is 0.459 e. The van der Waals surface area contributed by atoms with Crippen molar-refractivity contribution in [3.05, 3.63) is 0 Å². The number of hydrogen-bond donors (Lipinski definition) is 13. The minimum Gasteiger partial charge on any atom is -0.459 e. The van der Waals surface area contributed by atoms with Crippen molar-refractivity contribution >= 4 is 63.1 Å². The normalized spacial score (nSPS) is 39.3. The molecule has 5 amide bonds. The Hall–Kier alpha value is -2.44. The second-order valence-electron chi connectivity index (χ2n) is 16.1. The summed E-state index contributed by atoms with van der Waals surface area (Å²) in [5, 5.41) is 92.3. The molecule has 0 aromatic rings. The van der Waals surface area contributed by atoms with E-state index in [0.29, 0.717) is 29.7 Å². The van der Waals surface area contributed by atoms with Gasteiger partial charge in [0.25, 0.3) is 6.02 Å². The Morgan fingerprint density at radius 3 is 2.24 bits per heavy atom. The zero-order valence-corrected chi connectivity index (χ0v) is 37.3. The third-order valence-electron chi connectivity index (χ3n) is 11.9. The van der Waals surface area contributed by atoms with Crippen molar-refractivity contribution in [1.82, 2.24) is 31.9 Å². The molecule has 4 saturated heterocycles. The molecule has 1 saturated carbocycles. The maximum absolute atomic E-state index is 13.5. The summed E-state index contributed by atoms with van der Waals surface area (Å²) in [6.07, 6.45) is -12.9. The van der Waals surface area contributed by atoms with Crippen LogP contribution in [0.1, 0.15) is 39.0 Å². The van der Waals surface area contributed by atoms with Crippen LogP contribution in [0.2, 0.25) is 0 Å². The second-order valence-corrected chi connectivity index (χ2v) is 20.1. The molecule has 63 heavy (non-hydrogen) atoms. The summed E-state index contributed by atoms with van der Waals surface area (Å²) in [6, 6.07) is -3.31. The van der Waals surface area contributed by atoms with Crippen LogP contribution in [0.5, 0.6) is 0 Å². The number of carbonyl (C=O) groups excluding carboxylic acids is 4. The number of nitrogens with one attached hydrogen (secondary N) is 6. The first kappa shape index (κ1) is 50.0. The minimum atomic E-state index is -1.74. The fourth-order valence-corrected chi connectivity index (χ4v) is 12.1. The van der Waals surface area contributed by atoms with Gasteiger partial charge in [-0.1, -0.05) is 28.0 Å². The molecule has 1 aliphatic carbocycles. The number of amidine groups is 1. The predicted molar refractivity (Wildman–Crippen MR) is 227 cm³/mol. The van der Waals surface area contributed by atoms with E-state index in [2.05, 4.69) is 36.9 Å². The number of rotatable bonds is 21. The molecular formula is C37H61N7O16S3. The van der Waals surface area contributed by atoms with E-state index in [4.69, 9.17) is 23.7 Å². The third kappa shape index (κ3) is 12.1. The SMILES string of the molecule is CNC1=N[C@@H]2[C@@H](O)[C@H](O[C@@H]3O[C@H](CO)[C@@H](O[C@@H]4O[C@H](CO)[C@@H](O)[C@@H](O)[C@H]4NC(C)=O)[C@@H](O)[C@H]3NC(=O)CCSSCCNC(=O)CCCCC3SCC4NC(=O)NC43)[C@@H](CO)[C@@H]2O1. The van der Waals surface area contributed by atoms with Crippen LogP contribution in [-0.4, -0.2) is 219 Å². The van der Waals surface area contributed by atoms with E-state index in [9.17, 15) is 54.9 Å². The number of nitrogens with zero attached hydrogens (tertiary/aromatic N) is 1. The van der Waals surface area contributed by atoms with Crippen molar-refractivity contribution in [1.29, 1.82) is 0 Å². The number of aliphatic imine (C=N–C) groups is 1. The summed E-state index contributed by atoms with van der Waals surface area (Å²) in [4.78, 5) is 53.9. The van der Waals surface area contributed by atoms with Gasteiger partial charge in [-0.2, -0.15) is 11.8 Å². The van der Waals surface area contributed by atoms with Gasteiger partial charge in [0.05, 0.1) is 43.9 Å². The molecule has 0 spiro atoms. The van der Waals surface area contributed by atoms with Crippen LogP contribution >= 0.6 is 33.3 Å². The highest BCUT2D eigenvalue weighted by Crippen LogP contribution is 2.40. The number of ether oxygens (including phenoxy) is 5. The van der Waals surface area contributed by atoms with Crippen molar-refractivity contribution in [2.45, 2.75) is 142 Å². The molecule has 0 bridgehead atoms. The van der Waals surface area contributed by atoms with Gasteiger partial charge in [-0.25, -0.2) is 9.79 Å². The molecule has 0 aromatic heterocycles. The van der Waals surface area contributed by atoms with Crippen LogP contribution in [-0.2, 0) is 38.1 Å². The number of urea groups is 1. The highest BCUT2D eigenvalue weighted by Gasteiger charge is 2.58. The molecule has 5 aliphatic heterocycles. The van der Waals surface area contributed by atoms with E-state index in [1.807, 2.05) is 11.8 Å². The van der Waals surface area contributed by atoms with E-state index in [-0.39, 0.29) is 36.5 Å². The maximum Gasteiger partial charge on any atom is 0.315 e. The minimum absolute atomic E-state index is 0.0427. The number of hydrogen-bond acceptors (Lipinski definition) is 21. The lowest BCUT2D eigenvalue weighted by molar-refractivity contribution is -0.339.